The smallest absolute Gasteiger partial charge is 0.324 e. The zero-order valence-corrected chi connectivity index (χ0v) is 8.77. The van der Waals surface area contributed by atoms with E-state index >= 15 is 0 Å². The Bertz CT molecular complexity index is 529. The highest BCUT2D eigenvalue weighted by Gasteiger charge is 2.11. The number of thiophene rings is 1. The molecule has 2 rings (SSSR count). The molecular formula is C10H7NO4S. The van der Waals surface area contributed by atoms with Crippen molar-refractivity contribution in [1.29, 1.82) is 0 Å². The van der Waals surface area contributed by atoms with Crippen molar-refractivity contribution in [3.8, 4) is 21.9 Å². The minimum atomic E-state index is -0.475. The van der Waals surface area contributed by atoms with E-state index in [9.17, 15) is 20.3 Å². The van der Waals surface area contributed by atoms with Gasteiger partial charge in [0, 0.05) is 17.0 Å². The van der Waals surface area contributed by atoms with Gasteiger partial charge in [-0.05, 0) is 23.8 Å². The van der Waals surface area contributed by atoms with Gasteiger partial charge < -0.3 is 10.2 Å². The summed E-state index contributed by atoms with van der Waals surface area (Å²) in [6, 6.07) is 7.05. The largest absolute Gasteiger partial charge is 0.508 e. The highest BCUT2D eigenvalue weighted by molar-refractivity contribution is 7.18. The van der Waals surface area contributed by atoms with Crippen molar-refractivity contribution in [1.82, 2.24) is 0 Å². The molecule has 1 aromatic carbocycles. The SMILES string of the molecule is O=[N+]([O-])c1ccc(-c2cc(O)cc(O)c2)s1. The van der Waals surface area contributed by atoms with Crippen LogP contribution < -0.4 is 0 Å². The minimum Gasteiger partial charge on any atom is -0.508 e. The number of phenols is 2. The molecule has 6 heteroatoms. The van der Waals surface area contributed by atoms with Gasteiger partial charge in [-0.25, -0.2) is 0 Å². The summed E-state index contributed by atoms with van der Waals surface area (Å²) in [6.07, 6.45) is 0. The van der Waals surface area contributed by atoms with Crippen molar-refractivity contribution in [2.75, 3.05) is 0 Å². The lowest BCUT2D eigenvalue weighted by Crippen LogP contribution is -1.80. The van der Waals surface area contributed by atoms with Crippen LogP contribution >= 0.6 is 11.3 Å². The van der Waals surface area contributed by atoms with Gasteiger partial charge in [0.25, 0.3) is 0 Å². The molecule has 0 spiro atoms. The van der Waals surface area contributed by atoms with E-state index in [0.29, 0.717) is 10.4 Å². The molecular weight excluding hydrogens is 230 g/mol. The molecule has 0 bridgehead atoms. The molecule has 2 N–H and O–H groups in total. The molecule has 0 aliphatic carbocycles. The summed E-state index contributed by atoms with van der Waals surface area (Å²) in [5.41, 5.74) is 0.551. The van der Waals surface area contributed by atoms with Crippen LogP contribution in [-0.4, -0.2) is 15.1 Å². The maximum absolute atomic E-state index is 10.5. The van der Waals surface area contributed by atoms with Crippen molar-refractivity contribution < 1.29 is 15.1 Å². The van der Waals surface area contributed by atoms with Gasteiger partial charge in [0.05, 0.1) is 4.92 Å². The van der Waals surface area contributed by atoms with E-state index in [4.69, 9.17) is 0 Å². The average Bonchev–Trinajstić information content (AvgIpc) is 2.64. The molecule has 0 amide bonds. The number of benzene rings is 1. The highest BCUT2D eigenvalue weighted by Crippen LogP contribution is 2.35. The monoisotopic (exact) mass is 237 g/mol. The van der Waals surface area contributed by atoms with Crippen LogP contribution in [0.25, 0.3) is 10.4 Å². The molecule has 0 saturated carbocycles. The first kappa shape index (κ1) is 10.4. The van der Waals surface area contributed by atoms with Crippen LogP contribution in [0.4, 0.5) is 5.00 Å². The maximum Gasteiger partial charge on any atom is 0.324 e. The molecule has 0 saturated heterocycles. The van der Waals surface area contributed by atoms with Gasteiger partial charge in [0.1, 0.15) is 11.5 Å². The Balaban J connectivity index is 2.46. The fourth-order valence-corrected chi connectivity index (χ4v) is 2.13. The second-order valence-electron chi connectivity index (χ2n) is 3.13. The van der Waals surface area contributed by atoms with Crippen molar-refractivity contribution in [3.05, 3.63) is 40.4 Å². The van der Waals surface area contributed by atoms with Gasteiger partial charge in [-0.3, -0.25) is 10.1 Å². The van der Waals surface area contributed by atoms with Gasteiger partial charge in [0.2, 0.25) is 0 Å². The average molecular weight is 237 g/mol. The number of phenolic OH excluding ortho intramolecular Hbond substituents is 2. The zero-order chi connectivity index (χ0) is 11.7. The fraction of sp³-hybridized carbons (Fsp3) is 0. The van der Waals surface area contributed by atoms with Crippen LogP contribution in [0.2, 0.25) is 0 Å². The molecule has 0 unspecified atom stereocenters. The van der Waals surface area contributed by atoms with Crippen LogP contribution in [0.5, 0.6) is 11.5 Å². The number of nitrogens with zero attached hydrogens (tertiary/aromatic N) is 1. The predicted octanol–water partition coefficient (Wildman–Crippen LogP) is 2.73. The minimum absolute atomic E-state index is 0.0258. The molecule has 0 fully saturated rings. The Kier molecular flexibility index (Phi) is 2.49. The lowest BCUT2D eigenvalue weighted by atomic mass is 10.1. The Hall–Kier alpha value is -2.08. The zero-order valence-electron chi connectivity index (χ0n) is 7.95. The Labute approximate surface area is 94.4 Å². The van der Waals surface area contributed by atoms with Crippen LogP contribution in [0.1, 0.15) is 0 Å². The van der Waals surface area contributed by atoms with E-state index < -0.39 is 4.92 Å². The third-order valence-corrected chi connectivity index (χ3v) is 3.04. The van der Waals surface area contributed by atoms with Gasteiger partial charge in [0.15, 0.2) is 0 Å². The number of nitro groups is 1. The fourth-order valence-electron chi connectivity index (χ4n) is 1.32. The summed E-state index contributed by atoms with van der Waals surface area (Å²) in [7, 11) is 0. The Morgan fingerprint density at radius 3 is 2.25 bits per heavy atom. The van der Waals surface area contributed by atoms with Crippen molar-refractivity contribution in [2.24, 2.45) is 0 Å². The summed E-state index contributed by atoms with van der Waals surface area (Å²) >= 11 is 0.990. The number of hydrogen-bond donors (Lipinski definition) is 2. The molecule has 0 atom stereocenters. The van der Waals surface area contributed by atoms with E-state index in [1.165, 1.54) is 24.3 Å². The van der Waals surface area contributed by atoms with Crippen molar-refractivity contribution in [3.63, 3.8) is 0 Å². The summed E-state index contributed by atoms with van der Waals surface area (Å²) in [5, 5.41) is 29.1. The lowest BCUT2D eigenvalue weighted by Gasteiger charge is -1.99. The Morgan fingerprint density at radius 2 is 1.75 bits per heavy atom. The third kappa shape index (κ3) is 1.96. The molecule has 1 aromatic heterocycles. The molecule has 0 aliphatic heterocycles. The highest BCUT2D eigenvalue weighted by atomic mass is 32.1. The maximum atomic E-state index is 10.5. The number of hydrogen-bond acceptors (Lipinski definition) is 5. The van der Waals surface area contributed by atoms with Crippen molar-refractivity contribution in [2.45, 2.75) is 0 Å². The van der Waals surface area contributed by atoms with E-state index in [2.05, 4.69) is 0 Å². The van der Waals surface area contributed by atoms with E-state index in [1.54, 1.807) is 6.07 Å². The topological polar surface area (TPSA) is 83.6 Å². The number of rotatable bonds is 2. The first-order valence-electron chi connectivity index (χ1n) is 4.34. The van der Waals surface area contributed by atoms with Gasteiger partial charge in [-0.2, -0.15) is 0 Å². The molecule has 2 aromatic rings. The number of aromatic hydroxyl groups is 2. The van der Waals surface area contributed by atoms with Gasteiger partial charge in [-0.1, -0.05) is 11.3 Å². The second-order valence-corrected chi connectivity index (χ2v) is 4.20. The van der Waals surface area contributed by atoms with E-state index in [-0.39, 0.29) is 16.5 Å². The van der Waals surface area contributed by atoms with Gasteiger partial charge >= 0.3 is 5.00 Å². The van der Waals surface area contributed by atoms with Crippen LogP contribution in [0.3, 0.4) is 0 Å². The molecule has 1 heterocycles. The molecule has 0 aliphatic rings. The first-order chi connectivity index (χ1) is 7.56. The third-order valence-electron chi connectivity index (χ3n) is 1.96. The lowest BCUT2D eigenvalue weighted by molar-refractivity contribution is -0.380. The summed E-state index contributed by atoms with van der Waals surface area (Å²) in [6.45, 7) is 0. The molecule has 16 heavy (non-hydrogen) atoms. The quantitative estimate of drug-likeness (QED) is 0.621. The standard InChI is InChI=1S/C10H7NO4S/c12-7-3-6(4-8(13)5-7)9-1-2-10(16-9)11(14)15/h1-5,12-13H. The van der Waals surface area contributed by atoms with E-state index in [0.717, 1.165) is 11.3 Å². The summed E-state index contributed by atoms with van der Waals surface area (Å²) < 4.78 is 0. The first-order valence-corrected chi connectivity index (χ1v) is 5.15. The van der Waals surface area contributed by atoms with Crippen LogP contribution in [0.15, 0.2) is 30.3 Å². The summed E-state index contributed by atoms with van der Waals surface area (Å²) in [4.78, 5) is 10.6. The Morgan fingerprint density at radius 1 is 1.12 bits per heavy atom. The molecule has 0 radical (unpaired) electrons. The van der Waals surface area contributed by atoms with Crippen LogP contribution in [0, 0.1) is 10.1 Å². The van der Waals surface area contributed by atoms with E-state index in [1.807, 2.05) is 0 Å². The molecule has 82 valence electrons. The van der Waals surface area contributed by atoms with Gasteiger partial charge in [-0.15, -0.1) is 0 Å². The summed E-state index contributed by atoms with van der Waals surface area (Å²) in [5.74, 6) is -0.155. The van der Waals surface area contributed by atoms with Crippen LogP contribution in [-0.2, 0) is 0 Å². The molecule has 5 nitrogen and oxygen atoms in total. The predicted molar refractivity (Wildman–Crippen MR) is 59.7 cm³/mol. The normalized spacial score (nSPS) is 10.2. The second kappa shape index (κ2) is 3.82. The van der Waals surface area contributed by atoms with Crippen molar-refractivity contribution >= 4 is 16.3 Å².